The lowest BCUT2D eigenvalue weighted by Crippen LogP contribution is -2.00. The molecule has 0 bridgehead atoms. The zero-order chi connectivity index (χ0) is 17.8. The van der Waals surface area contributed by atoms with Crippen LogP contribution in [0.25, 0.3) is 22.0 Å². The summed E-state index contributed by atoms with van der Waals surface area (Å²) in [4.78, 5) is 8.90. The van der Waals surface area contributed by atoms with Crippen molar-refractivity contribution < 1.29 is 8.73 Å². The molecule has 1 atom stereocenters. The Bertz CT molecular complexity index is 932. The zero-order valence-corrected chi connectivity index (χ0v) is 15.4. The number of hydrogen-bond acceptors (Lipinski definition) is 6. The Hall–Kier alpha value is -2.64. The van der Waals surface area contributed by atoms with Gasteiger partial charge in [-0.25, -0.2) is 4.98 Å². The third kappa shape index (κ3) is 3.95. The summed E-state index contributed by atoms with van der Waals surface area (Å²) in [5, 5.41) is 6.84. The molecule has 0 aliphatic heterocycles. The minimum atomic E-state index is -1.16. The second-order valence-electron chi connectivity index (χ2n) is 5.62. The van der Waals surface area contributed by atoms with Crippen LogP contribution in [0, 0.1) is 0 Å². The van der Waals surface area contributed by atoms with Crippen molar-refractivity contribution in [1.82, 2.24) is 15.1 Å². The highest BCUT2D eigenvalue weighted by atomic mass is 32.2. The van der Waals surface area contributed by atoms with Gasteiger partial charge in [-0.15, -0.1) is 11.3 Å². The van der Waals surface area contributed by atoms with Crippen LogP contribution in [0.4, 0.5) is 0 Å². The third-order valence-corrected chi connectivity index (χ3v) is 5.79. The number of hydrogen-bond donors (Lipinski definition) is 0. The summed E-state index contributed by atoms with van der Waals surface area (Å²) in [7, 11) is -1.16. The quantitative estimate of drug-likeness (QED) is 0.498. The monoisotopic (exact) mass is 381 g/mol. The Labute approximate surface area is 157 Å². The summed E-state index contributed by atoms with van der Waals surface area (Å²) < 4.78 is 17.7. The summed E-state index contributed by atoms with van der Waals surface area (Å²) in [6.45, 7) is 0. The van der Waals surface area contributed by atoms with Crippen LogP contribution in [0.1, 0.15) is 11.6 Å². The van der Waals surface area contributed by atoms with Crippen LogP contribution in [-0.4, -0.2) is 19.3 Å². The first-order valence-corrected chi connectivity index (χ1v) is 10.4. The molecule has 5 nitrogen and oxygen atoms in total. The van der Waals surface area contributed by atoms with Crippen LogP contribution >= 0.6 is 11.3 Å². The minimum absolute atomic E-state index is 0.220. The average Bonchev–Trinajstić information content (AvgIpc) is 3.33. The van der Waals surface area contributed by atoms with Gasteiger partial charge in [0.2, 0.25) is 11.7 Å². The van der Waals surface area contributed by atoms with E-state index in [1.165, 1.54) is 0 Å². The number of rotatable bonds is 6. The van der Waals surface area contributed by atoms with Crippen LogP contribution in [0.5, 0.6) is 0 Å². The fraction of sp³-hybridized carbons (Fsp3) is 0.105. The normalized spacial score (nSPS) is 12.2. The van der Waals surface area contributed by atoms with Crippen LogP contribution in [0.15, 0.2) is 70.6 Å². The van der Waals surface area contributed by atoms with Crippen molar-refractivity contribution in [2.45, 2.75) is 11.5 Å². The van der Waals surface area contributed by atoms with Gasteiger partial charge in [0.25, 0.3) is 0 Å². The fourth-order valence-corrected chi connectivity index (χ4v) is 4.36. The first-order chi connectivity index (χ1) is 12.8. The van der Waals surface area contributed by atoms with E-state index < -0.39 is 10.8 Å². The lowest BCUT2D eigenvalue weighted by molar-refractivity contribution is 0.390. The van der Waals surface area contributed by atoms with E-state index >= 15 is 0 Å². The van der Waals surface area contributed by atoms with Crippen molar-refractivity contribution in [3.05, 3.63) is 77.6 Å². The van der Waals surface area contributed by atoms with Gasteiger partial charge in [0.15, 0.2) is 0 Å². The van der Waals surface area contributed by atoms with E-state index in [9.17, 15) is 4.21 Å². The molecular weight excluding hydrogens is 366 g/mol. The number of aromatic nitrogens is 3. The van der Waals surface area contributed by atoms with Gasteiger partial charge >= 0.3 is 0 Å². The van der Waals surface area contributed by atoms with Crippen molar-refractivity contribution in [3.63, 3.8) is 0 Å². The van der Waals surface area contributed by atoms with Crippen molar-refractivity contribution in [2.24, 2.45) is 0 Å². The second-order valence-corrected chi connectivity index (χ2v) is 7.93. The lowest BCUT2D eigenvalue weighted by Gasteiger charge is -1.96. The zero-order valence-electron chi connectivity index (χ0n) is 13.7. The summed E-state index contributed by atoms with van der Waals surface area (Å²) in [5.41, 5.74) is 2.76. The van der Waals surface area contributed by atoms with E-state index in [1.807, 2.05) is 66.0 Å². The van der Waals surface area contributed by atoms with Gasteiger partial charge in [-0.2, -0.15) is 4.98 Å². The first kappa shape index (κ1) is 16.8. The minimum Gasteiger partial charge on any atom is -0.338 e. The molecule has 0 aliphatic carbocycles. The van der Waals surface area contributed by atoms with E-state index in [0.717, 1.165) is 21.8 Å². The van der Waals surface area contributed by atoms with Gasteiger partial charge < -0.3 is 4.52 Å². The molecule has 0 N–H and O–H groups in total. The average molecular weight is 381 g/mol. The molecule has 0 unspecified atom stereocenters. The van der Waals surface area contributed by atoms with E-state index in [0.29, 0.717) is 17.5 Å². The van der Waals surface area contributed by atoms with E-state index in [-0.39, 0.29) is 5.75 Å². The van der Waals surface area contributed by atoms with Crippen LogP contribution < -0.4 is 0 Å². The SMILES string of the molecule is O=[S@@](Cc1csc(-c2ccccc2)n1)Cc1nc(-c2ccccc2)no1. The fourth-order valence-electron chi connectivity index (χ4n) is 2.46. The van der Waals surface area contributed by atoms with E-state index in [2.05, 4.69) is 15.1 Å². The molecule has 4 rings (SSSR count). The largest absolute Gasteiger partial charge is 0.338 e. The Morgan fingerprint density at radius 2 is 1.58 bits per heavy atom. The molecule has 0 saturated carbocycles. The van der Waals surface area contributed by atoms with Crippen molar-refractivity contribution in [2.75, 3.05) is 0 Å². The molecule has 0 spiro atoms. The molecule has 0 saturated heterocycles. The molecular formula is C19H15N3O2S2. The molecule has 0 radical (unpaired) electrons. The molecule has 4 aromatic rings. The molecule has 0 aliphatic rings. The molecule has 0 amide bonds. The maximum absolute atomic E-state index is 12.4. The first-order valence-electron chi connectivity index (χ1n) is 8.01. The molecule has 130 valence electrons. The van der Waals surface area contributed by atoms with E-state index in [4.69, 9.17) is 4.52 Å². The molecule has 2 aromatic carbocycles. The molecule has 2 aromatic heterocycles. The Morgan fingerprint density at radius 1 is 0.885 bits per heavy atom. The molecule has 26 heavy (non-hydrogen) atoms. The van der Waals surface area contributed by atoms with Gasteiger partial charge in [-0.05, 0) is 0 Å². The predicted molar refractivity (Wildman–Crippen MR) is 103 cm³/mol. The highest BCUT2D eigenvalue weighted by molar-refractivity contribution is 7.83. The number of thiazole rings is 1. The summed E-state index contributed by atoms with van der Waals surface area (Å²) in [5.74, 6) is 1.48. The van der Waals surface area contributed by atoms with Crippen LogP contribution in [0.3, 0.4) is 0 Å². The Morgan fingerprint density at radius 3 is 2.31 bits per heavy atom. The Kier molecular flexibility index (Phi) is 4.99. The number of nitrogens with zero attached hydrogens (tertiary/aromatic N) is 3. The Balaban J connectivity index is 1.40. The summed E-state index contributed by atoms with van der Waals surface area (Å²) >= 11 is 1.56. The van der Waals surface area contributed by atoms with Gasteiger partial charge in [0, 0.05) is 27.3 Å². The standard InChI is InChI=1S/C19H15N3O2S2/c23-26(12-16-11-25-19(20-16)15-9-5-2-6-10-15)13-17-21-18(22-24-17)14-7-3-1-4-8-14/h1-11H,12-13H2/t26-/m0/s1. The number of benzene rings is 2. The smallest absolute Gasteiger partial charge is 0.239 e. The summed E-state index contributed by atoms with van der Waals surface area (Å²) in [6, 6.07) is 19.5. The molecule has 7 heteroatoms. The van der Waals surface area contributed by atoms with Gasteiger partial charge in [-0.3, -0.25) is 4.21 Å². The third-order valence-electron chi connectivity index (χ3n) is 3.67. The van der Waals surface area contributed by atoms with Crippen molar-refractivity contribution in [1.29, 1.82) is 0 Å². The highest BCUT2D eigenvalue weighted by Crippen LogP contribution is 2.24. The van der Waals surface area contributed by atoms with Gasteiger partial charge in [0.05, 0.1) is 11.4 Å². The maximum atomic E-state index is 12.4. The van der Waals surface area contributed by atoms with Crippen molar-refractivity contribution in [3.8, 4) is 22.0 Å². The predicted octanol–water partition coefficient (Wildman–Crippen LogP) is 4.31. The van der Waals surface area contributed by atoms with Crippen molar-refractivity contribution >= 4 is 22.1 Å². The maximum Gasteiger partial charge on any atom is 0.239 e. The van der Waals surface area contributed by atoms with Crippen LogP contribution in [0.2, 0.25) is 0 Å². The van der Waals surface area contributed by atoms with Crippen LogP contribution in [-0.2, 0) is 22.3 Å². The molecule has 2 heterocycles. The second kappa shape index (κ2) is 7.72. The van der Waals surface area contributed by atoms with Gasteiger partial charge in [-0.1, -0.05) is 65.8 Å². The molecule has 0 fully saturated rings. The lowest BCUT2D eigenvalue weighted by atomic mass is 10.2. The topological polar surface area (TPSA) is 68.9 Å². The van der Waals surface area contributed by atoms with Gasteiger partial charge in [0.1, 0.15) is 10.8 Å². The summed E-state index contributed by atoms with van der Waals surface area (Å²) in [6.07, 6.45) is 0. The van der Waals surface area contributed by atoms with E-state index in [1.54, 1.807) is 11.3 Å². The highest BCUT2D eigenvalue weighted by Gasteiger charge is 2.13.